The molecule has 6 atom stereocenters. The van der Waals surface area contributed by atoms with Crippen LogP contribution in [0.25, 0.3) is 0 Å². The SMILES string of the molecule is COC1=C(Br)[C@H](O)[C@@]2(C=C1Br)CC(C(=O)NC[C@H](O)COc1c(Br)cc([C@@H](O)CNC(=O)C3=NO[C@]4(C=C(Br)C(OC)=C(Br)[C@@H]4O)C3)cc1Br)=NO2. The third kappa shape index (κ3) is 8.37. The van der Waals surface area contributed by atoms with E-state index in [2.05, 4.69) is 117 Å². The van der Waals surface area contributed by atoms with Crippen molar-refractivity contribution >= 4 is 119 Å². The molecule has 4 aliphatic rings. The van der Waals surface area contributed by atoms with Crippen LogP contribution < -0.4 is 15.4 Å². The highest BCUT2D eigenvalue weighted by molar-refractivity contribution is 9.12. The molecule has 0 radical (unpaired) electrons. The predicted molar refractivity (Wildman–Crippen MR) is 208 cm³/mol. The highest BCUT2D eigenvalue weighted by Gasteiger charge is 2.52. The van der Waals surface area contributed by atoms with Crippen molar-refractivity contribution in [1.82, 2.24) is 10.6 Å². The zero-order chi connectivity index (χ0) is 38.1. The summed E-state index contributed by atoms with van der Waals surface area (Å²) in [7, 11) is 2.91. The summed E-state index contributed by atoms with van der Waals surface area (Å²) in [5.74, 6) is -0.0771. The van der Waals surface area contributed by atoms with Crippen molar-refractivity contribution in [1.29, 1.82) is 0 Å². The summed E-state index contributed by atoms with van der Waals surface area (Å²) in [5, 5.41) is 56.0. The van der Waals surface area contributed by atoms with Crippen LogP contribution in [0.5, 0.6) is 5.75 Å². The van der Waals surface area contributed by atoms with E-state index in [1.807, 2.05) is 0 Å². The van der Waals surface area contributed by atoms with Crippen LogP contribution in [-0.2, 0) is 28.7 Å². The predicted octanol–water partition coefficient (Wildman–Crippen LogP) is 4.06. The molecule has 1 aromatic rings. The Morgan fingerprint density at radius 3 is 1.71 bits per heavy atom. The lowest BCUT2D eigenvalue weighted by atomic mass is 9.87. The highest BCUT2D eigenvalue weighted by Crippen LogP contribution is 2.45. The van der Waals surface area contributed by atoms with Gasteiger partial charge in [0.05, 0.1) is 47.2 Å². The van der Waals surface area contributed by atoms with E-state index in [1.54, 1.807) is 24.3 Å². The number of carbonyl (C=O) groups is 2. The van der Waals surface area contributed by atoms with Crippen molar-refractivity contribution in [3.05, 3.63) is 68.2 Å². The minimum atomic E-state index is -1.32. The molecule has 2 heterocycles. The van der Waals surface area contributed by atoms with E-state index in [0.29, 0.717) is 49.7 Å². The smallest absolute Gasteiger partial charge is 0.269 e. The van der Waals surface area contributed by atoms with Crippen LogP contribution in [0.15, 0.2) is 73.0 Å². The number of allylic oxidation sites excluding steroid dienone is 2. The second-order valence-corrected chi connectivity index (χ2v) is 16.9. The van der Waals surface area contributed by atoms with Crippen LogP contribution in [0.1, 0.15) is 24.5 Å². The monoisotopic (exact) mass is 1110 g/mol. The first-order chi connectivity index (χ1) is 24.6. The number of hydrogen-bond acceptors (Lipinski definition) is 13. The molecule has 2 amide bonds. The van der Waals surface area contributed by atoms with Crippen LogP contribution >= 0.6 is 95.6 Å². The number of rotatable bonds is 12. The standard InChI is InChI=1S/C31H30Br6N4O11/c1-48-24-16(34)5-30(26(44)21(24)36)7-18(40-51-30)28(46)38-9-13(42)11-50-23-14(32)3-12(4-15(23)33)20(43)10-39-29(47)19-8-31(52-41-19)6-17(35)25(49-2)22(37)27(31)45/h3-6,13,20,26-27,42-45H,7-11H2,1-2H3,(H,38,46)(H,39,47)/t13-,20-,26-,27-,30+,31+/m0/s1. The van der Waals surface area contributed by atoms with E-state index >= 15 is 0 Å². The number of carbonyl (C=O) groups excluding carboxylic acids is 2. The number of benzene rings is 1. The lowest BCUT2D eigenvalue weighted by molar-refractivity contribution is -0.116. The maximum atomic E-state index is 12.9. The molecule has 0 saturated carbocycles. The summed E-state index contributed by atoms with van der Waals surface area (Å²) in [4.78, 5) is 36.8. The molecule has 21 heteroatoms. The van der Waals surface area contributed by atoms with Crippen molar-refractivity contribution in [2.24, 2.45) is 10.3 Å². The summed E-state index contributed by atoms with van der Waals surface area (Å²) >= 11 is 20.2. The molecular formula is C31H30Br6N4O11. The number of halogens is 6. The van der Waals surface area contributed by atoms with Gasteiger partial charge < -0.3 is 54.9 Å². The number of amides is 2. The van der Waals surface area contributed by atoms with Gasteiger partial charge in [0.2, 0.25) is 0 Å². The van der Waals surface area contributed by atoms with Crippen LogP contribution in [0.3, 0.4) is 0 Å². The average Bonchev–Trinajstić information content (AvgIpc) is 3.73. The van der Waals surface area contributed by atoms with Crippen molar-refractivity contribution in [2.75, 3.05) is 33.9 Å². The lowest BCUT2D eigenvalue weighted by Crippen LogP contribution is -2.45. The van der Waals surface area contributed by atoms with Crippen molar-refractivity contribution < 1.29 is 53.9 Å². The molecule has 2 aliphatic heterocycles. The first-order valence-corrected chi connectivity index (χ1v) is 19.9. The molecule has 15 nitrogen and oxygen atoms in total. The van der Waals surface area contributed by atoms with Gasteiger partial charge >= 0.3 is 0 Å². The molecule has 0 aromatic heterocycles. The van der Waals surface area contributed by atoms with Gasteiger partial charge in [-0.05, 0) is 125 Å². The fraction of sp³-hybridized carbons (Fsp3) is 0.419. The normalized spacial score (nSPS) is 26.5. The fourth-order valence-electron chi connectivity index (χ4n) is 5.51. The molecule has 0 saturated heterocycles. The summed E-state index contributed by atoms with van der Waals surface area (Å²) in [5.41, 5.74) is -2.16. The first kappa shape index (κ1) is 41.3. The molecule has 282 valence electrons. The number of aliphatic hydroxyl groups excluding tert-OH is 4. The molecule has 52 heavy (non-hydrogen) atoms. The van der Waals surface area contributed by atoms with Crippen molar-refractivity contribution in [3.8, 4) is 5.75 Å². The average molecular weight is 1110 g/mol. The van der Waals surface area contributed by atoms with Gasteiger partial charge in [0.25, 0.3) is 11.8 Å². The Balaban J connectivity index is 1.09. The highest BCUT2D eigenvalue weighted by atomic mass is 79.9. The van der Waals surface area contributed by atoms with Gasteiger partial charge in [-0.25, -0.2) is 0 Å². The molecule has 6 N–H and O–H groups in total. The number of nitrogens with zero attached hydrogens (tertiary/aromatic N) is 2. The molecule has 2 spiro atoms. The van der Waals surface area contributed by atoms with E-state index in [1.165, 1.54) is 14.2 Å². The number of aliphatic hydroxyl groups is 4. The Hall–Kier alpha value is -1.82. The summed E-state index contributed by atoms with van der Waals surface area (Å²) < 4.78 is 18.9. The Morgan fingerprint density at radius 1 is 0.827 bits per heavy atom. The molecular weight excluding hydrogens is 1080 g/mol. The third-order valence-corrected chi connectivity index (χ3v) is 12.2. The fourth-order valence-corrected chi connectivity index (χ4v) is 10.5. The van der Waals surface area contributed by atoms with E-state index in [9.17, 15) is 30.0 Å². The number of oxime groups is 2. The first-order valence-electron chi connectivity index (χ1n) is 15.1. The summed E-state index contributed by atoms with van der Waals surface area (Å²) in [6, 6.07) is 3.19. The Kier molecular flexibility index (Phi) is 13.4. The van der Waals surface area contributed by atoms with Crippen molar-refractivity contribution in [2.45, 2.75) is 48.5 Å². The number of ether oxygens (including phenoxy) is 3. The van der Waals surface area contributed by atoms with Gasteiger partial charge in [0, 0.05) is 25.9 Å². The molecule has 5 rings (SSSR count). The minimum absolute atomic E-state index is 0.0225. The van der Waals surface area contributed by atoms with E-state index in [4.69, 9.17) is 23.9 Å². The van der Waals surface area contributed by atoms with Crippen LogP contribution in [0, 0.1) is 0 Å². The summed E-state index contributed by atoms with van der Waals surface area (Å²) in [6.45, 7) is -0.560. The van der Waals surface area contributed by atoms with E-state index in [-0.39, 0.29) is 44.0 Å². The molecule has 1 aromatic carbocycles. The van der Waals surface area contributed by atoms with Gasteiger partial charge in [-0.1, -0.05) is 10.3 Å². The van der Waals surface area contributed by atoms with Crippen molar-refractivity contribution in [3.63, 3.8) is 0 Å². The zero-order valence-electron chi connectivity index (χ0n) is 27.0. The number of nitrogens with one attached hydrogen (secondary N) is 2. The van der Waals surface area contributed by atoms with Crippen LogP contribution in [0.2, 0.25) is 0 Å². The molecule has 0 bridgehead atoms. The second-order valence-electron chi connectivity index (χ2n) is 11.8. The number of hydrogen-bond donors (Lipinski definition) is 6. The number of methoxy groups -OCH3 is 2. The third-order valence-electron chi connectivity index (χ3n) is 8.27. The van der Waals surface area contributed by atoms with E-state index < -0.39 is 47.4 Å². The summed E-state index contributed by atoms with van der Waals surface area (Å²) in [6.07, 6.45) is -1.53. The van der Waals surface area contributed by atoms with Gasteiger partial charge in [0.15, 0.2) is 11.2 Å². The van der Waals surface area contributed by atoms with Crippen LogP contribution in [-0.4, -0.2) is 107 Å². The maximum Gasteiger partial charge on any atom is 0.269 e. The molecule has 0 fully saturated rings. The largest absolute Gasteiger partial charge is 0.495 e. The van der Waals surface area contributed by atoms with Gasteiger partial charge in [-0.15, -0.1) is 0 Å². The quantitative estimate of drug-likeness (QED) is 0.176. The lowest BCUT2D eigenvalue weighted by Gasteiger charge is -2.33. The Labute approximate surface area is 347 Å². The Morgan fingerprint density at radius 2 is 1.27 bits per heavy atom. The second kappa shape index (κ2) is 16.9. The molecule has 0 unspecified atom stereocenters. The van der Waals surface area contributed by atoms with E-state index in [0.717, 1.165) is 0 Å². The maximum absolute atomic E-state index is 12.9. The van der Waals surface area contributed by atoms with Gasteiger partial charge in [-0.3, -0.25) is 9.59 Å². The Bertz CT molecular complexity index is 1810. The van der Waals surface area contributed by atoms with Crippen LogP contribution in [0.4, 0.5) is 0 Å². The van der Waals surface area contributed by atoms with Gasteiger partial charge in [0.1, 0.15) is 53.6 Å². The topological polar surface area (TPSA) is 210 Å². The van der Waals surface area contributed by atoms with Gasteiger partial charge in [-0.2, -0.15) is 0 Å². The zero-order valence-corrected chi connectivity index (χ0v) is 36.5. The minimum Gasteiger partial charge on any atom is -0.495 e. The molecule has 2 aliphatic carbocycles.